The van der Waals surface area contributed by atoms with Gasteiger partial charge in [-0.05, 0) is 42.0 Å². The molecule has 0 saturated carbocycles. The van der Waals surface area contributed by atoms with E-state index in [0.29, 0.717) is 22.7 Å². The number of methoxy groups -OCH3 is 2. The molecule has 0 bridgehead atoms. The van der Waals surface area contributed by atoms with Crippen LogP contribution in [0.4, 0.5) is 5.69 Å². The van der Waals surface area contributed by atoms with Crippen molar-refractivity contribution in [3.05, 3.63) is 52.0 Å². The van der Waals surface area contributed by atoms with Gasteiger partial charge in [-0.3, -0.25) is 9.59 Å². The average Bonchev–Trinajstić information content (AvgIpc) is 2.56. The third kappa shape index (κ3) is 4.26. The van der Waals surface area contributed by atoms with Crippen LogP contribution in [0, 0.1) is 0 Å². The van der Waals surface area contributed by atoms with E-state index in [1.54, 1.807) is 43.5 Å². The van der Waals surface area contributed by atoms with Crippen LogP contribution in [0.2, 0.25) is 0 Å². The van der Waals surface area contributed by atoms with Gasteiger partial charge in [0, 0.05) is 15.7 Å². The molecule has 0 aliphatic heterocycles. The van der Waals surface area contributed by atoms with E-state index >= 15 is 0 Å². The van der Waals surface area contributed by atoms with Crippen LogP contribution in [0.1, 0.15) is 15.9 Å². The smallest absolute Gasteiger partial charge is 0.248 e. The molecule has 6 nitrogen and oxygen atoms in total. The first-order valence-corrected chi connectivity index (χ1v) is 7.84. The highest BCUT2D eigenvalue weighted by Gasteiger charge is 2.13. The third-order valence-corrected chi connectivity index (χ3v) is 4.09. The first-order chi connectivity index (χ1) is 11.4. The van der Waals surface area contributed by atoms with E-state index in [1.165, 1.54) is 7.11 Å². The molecule has 126 valence electrons. The van der Waals surface area contributed by atoms with Crippen molar-refractivity contribution < 1.29 is 19.1 Å². The molecule has 2 amide bonds. The predicted molar refractivity (Wildman–Crippen MR) is 94.5 cm³/mol. The summed E-state index contributed by atoms with van der Waals surface area (Å²) in [5.41, 5.74) is 6.91. The van der Waals surface area contributed by atoms with Crippen LogP contribution < -0.4 is 20.5 Å². The number of carbonyl (C=O) groups is 2. The summed E-state index contributed by atoms with van der Waals surface area (Å²) < 4.78 is 11.2. The van der Waals surface area contributed by atoms with E-state index in [1.807, 2.05) is 0 Å². The minimum atomic E-state index is -0.512. The summed E-state index contributed by atoms with van der Waals surface area (Å²) in [4.78, 5) is 23.2. The van der Waals surface area contributed by atoms with Gasteiger partial charge in [0.15, 0.2) is 11.5 Å². The minimum Gasteiger partial charge on any atom is -0.493 e. The Balaban J connectivity index is 2.10. The molecule has 2 rings (SSSR count). The van der Waals surface area contributed by atoms with Gasteiger partial charge in [-0.1, -0.05) is 15.9 Å². The molecule has 0 heterocycles. The van der Waals surface area contributed by atoms with Gasteiger partial charge in [0.1, 0.15) is 0 Å². The van der Waals surface area contributed by atoms with Gasteiger partial charge in [-0.25, -0.2) is 0 Å². The van der Waals surface area contributed by atoms with Crippen molar-refractivity contribution in [1.82, 2.24) is 0 Å². The molecule has 3 N–H and O–H groups in total. The number of carbonyl (C=O) groups excluding carboxylic acids is 2. The number of anilines is 1. The van der Waals surface area contributed by atoms with Crippen LogP contribution in [0.3, 0.4) is 0 Å². The van der Waals surface area contributed by atoms with E-state index in [9.17, 15) is 9.59 Å². The molecule has 2 aromatic rings. The molecular weight excluding hydrogens is 376 g/mol. The Hall–Kier alpha value is -2.54. The molecule has 0 atom stereocenters. The Labute approximate surface area is 148 Å². The van der Waals surface area contributed by atoms with Crippen LogP contribution >= 0.6 is 15.9 Å². The number of halogens is 1. The lowest BCUT2D eigenvalue weighted by Crippen LogP contribution is -2.15. The first-order valence-electron chi connectivity index (χ1n) is 7.04. The van der Waals surface area contributed by atoms with Gasteiger partial charge in [0.05, 0.1) is 20.6 Å². The lowest BCUT2D eigenvalue weighted by Gasteiger charge is -2.12. The van der Waals surface area contributed by atoms with Crippen molar-refractivity contribution in [3.63, 3.8) is 0 Å². The lowest BCUT2D eigenvalue weighted by molar-refractivity contribution is -0.115. The number of nitrogens with two attached hydrogens (primary N) is 1. The zero-order valence-corrected chi connectivity index (χ0v) is 14.8. The largest absolute Gasteiger partial charge is 0.493 e. The molecule has 0 spiro atoms. The highest BCUT2D eigenvalue weighted by atomic mass is 79.9. The van der Waals surface area contributed by atoms with Crippen LogP contribution in [-0.4, -0.2) is 26.0 Å². The Morgan fingerprint density at radius 3 is 2.21 bits per heavy atom. The van der Waals surface area contributed by atoms with Crippen LogP contribution in [0.25, 0.3) is 0 Å². The Morgan fingerprint density at radius 1 is 1.08 bits per heavy atom. The van der Waals surface area contributed by atoms with Crippen LogP contribution in [-0.2, 0) is 11.2 Å². The fraction of sp³-hybridized carbons (Fsp3) is 0.176. The van der Waals surface area contributed by atoms with Crippen molar-refractivity contribution in [2.75, 3.05) is 19.5 Å². The molecule has 7 heteroatoms. The Kier molecular flexibility index (Phi) is 5.81. The van der Waals surface area contributed by atoms with E-state index in [2.05, 4.69) is 21.2 Å². The number of ether oxygens (including phenoxy) is 2. The number of benzene rings is 2. The molecule has 0 aliphatic carbocycles. The zero-order valence-electron chi connectivity index (χ0n) is 13.3. The highest BCUT2D eigenvalue weighted by molar-refractivity contribution is 9.10. The maximum absolute atomic E-state index is 12.2. The maximum atomic E-state index is 12.2. The average molecular weight is 393 g/mol. The number of hydrogen-bond donors (Lipinski definition) is 2. The second-order valence-electron chi connectivity index (χ2n) is 4.97. The molecule has 0 aliphatic rings. The number of rotatable bonds is 6. The van der Waals surface area contributed by atoms with Crippen LogP contribution in [0.5, 0.6) is 11.5 Å². The van der Waals surface area contributed by atoms with E-state index in [4.69, 9.17) is 15.2 Å². The number of nitrogens with one attached hydrogen (secondary N) is 1. The predicted octanol–water partition coefficient (Wildman–Crippen LogP) is 2.75. The monoisotopic (exact) mass is 392 g/mol. The molecule has 0 radical (unpaired) electrons. The molecule has 0 unspecified atom stereocenters. The fourth-order valence-electron chi connectivity index (χ4n) is 2.13. The fourth-order valence-corrected chi connectivity index (χ4v) is 2.59. The summed E-state index contributed by atoms with van der Waals surface area (Å²) in [6, 6.07) is 9.87. The Bertz CT molecular complexity index is 760. The van der Waals surface area contributed by atoms with Gasteiger partial charge < -0.3 is 20.5 Å². The van der Waals surface area contributed by atoms with Gasteiger partial charge in [-0.2, -0.15) is 0 Å². The van der Waals surface area contributed by atoms with Crippen molar-refractivity contribution in [3.8, 4) is 11.5 Å². The van der Waals surface area contributed by atoms with Gasteiger partial charge in [0.2, 0.25) is 11.8 Å². The number of hydrogen-bond acceptors (Lipinski definition) is 4. The molecule has 0 saturated heterocycles. The summed E-state index contributed by atoms with van der Waals surface area (Å²) in [6.45, 7) is 0. The van der Waals surface area contributed by atoms with Crippen molar-refractivity contribution >= 4 is 33.4 Å². The normalized spacial score (nSPS) is 10.1. The van der Waals surface area contributed by atoms with Gasteiger partial charge >= 0.3 is 0 Å². The zero-order chi connectivity index (χ0) is 17.7. The second-order valence-corrected chi connectivity index (χ2v) is 5.82. The maximum Gasteiger partial charge on any atom is 0.248 e. The Morgan fingerprint density at radius 2 is 1.67 bits per heavy atom. The van der Waals surface area contributed by atoms with Crippen molar-refractivity contribution in [1.29, 1.82) is 0 Å². The van der Waals surface area contributed by atoms with Crippen molar-refractivity contribution in [2.45, 2.75) is 6.42 Å². The third-order valence-electron chi connectivity index (χ3n) is 3.36. The summed E-state index contributed by atoms with van der Waals surface area (Å²) in [6.07, 6.45) is 0.151. The minimum absolute atomic E-state index is 0.151. The van der Waals surface area contributed by atoms with Gasteiger partial charge in [0.25, 0.3) is 0 Å². The summed E-state index contributed by atoms with van der Waals surface area (Å²) in [5, 5.41) is 2.77. The number of primary amides is 1. The molecular formula is C17H17BrN2O4. The molecule has 24 heavy (non-hydrogen) atoms. The van der Waals surface area contributed by atoms with E-state index < -0.39 is 5.91 Å². The van der Waals surface area contributed by atoms with E-state index in [-0.39, 0.29) is 12.3 Å². The molecule has 0 aromatic heterocycles. The summed E-state index contributed by atoms with van der Waals surface area (Å²) >= 11 is 3.42. The SMILES string of the molecule is COc1cc(Br)c(CC(=O)Nc2ccc(C(N)=O)cc2)cc1OC. The molecule has 2 aromatic carbocycles. The second kappa shape index (κ2) is 7.83. The van der Waals surface area contributed by atoms with E-state index in [0.717, 1.165) is 10.0 Å². The number of amides is 2. The lowest BCUT2D eigenvalue weighted by atomic mass is 10.1. The van der Waals surface area contributed by atoms with Crippen LogP contribution in [0.15, 0.2) is 40.9 Å². The van der Waals surface area contributed by atoms with Gasteiger partial charge in [-0.15, -0.1) is 0 Å². The summed E-state index contributed by atoms with van der Waals surface area (Å²) in [5.74, 6) is 0.418. The van der Waals surface area contributed by atoms with Crippen molar-refractivity contribution in [2.24, 2.45) is 5.73 Å². The topological polar surface area (TPSA) is 90.6 Å². The highest BCUT2D eigenvalue weighted by Crippen LogP contribution is 2.33. The summed E-state index contributed by atoms with van der Waals surface area (Å²) in [7, 11) is 3.09. The standard InChI is InChI=1S/C17H17BrN2O4/c1-23-14-7-11(13(18)9-15(14)24-2)8-16(21)20-12-5-3-10(4-6-12)17(19)22/h3-7,9H,8H2,1-2H3,(H2,19,22)(H,20,21). The first kappa shape index (κ1) is 17.8. The molecule has 0 fully saturated rings. The quantitative estimate of drug-likeness (QED) is 0.790.